The van der Waals surface area contributed by atoms with Crippen LogP contribution in [-0.4, -0.2) is 45.1 Å². The lowest BCUT2D eigenvalue weighted by Gasteiger charge is -2.13. The van der Waals surface area contributed by atoms with Crippen molar-refractivity contribution in [2.45, 2.75) is 19.4 Å². The van der Waals surface area contributed by atoms with Gasteiger partial charge in [-0.05, 0) is 25.5 Å². The minimum Gasteiger partial charge on any atom is -0.491 e. The van der Waals surface area contributed by atoms with Crippen molar-refractivity contribution in [3.63, 3.8) is 0 Å². The van der Waals surface area contributed by atoms with Crippen LogP contribution in [-0.2, 0) is 9.47 Å². The van der Waals surface area contributed by atoms with Crippen LogP contribution in [0.1, 0.15) is 13.3 Å². The number of hydrogen-bond donors (Lipinski definition) is 2. The minimum absolute atomic E-state index is 0.0932. The van der Waals surface area contributed by atoms with Crippen LogP contribution in [0.15, 0.2) is 24.3 Å². The first-order valence-electron chi connectivity index (χ1n) is 7.24. The zero-order valence-corrected chi connectivity index (χ0v) is 12.3. The van der Waals surface area contributed by atoms with Gasteiger partial charge in [-0.15, -0.1) is 0 Å². The zero-order chi connectivity index (χ0) is 14.9. The SMILES string of the molecule is CCOCCOc1cccc(NC(=O)NC2CCOC2)c1. The second kappa shape index (κ2) is 8.49. The number of anilines is 1. The van der Waals surface area contributed by atoms with Crippen LogP contribution in [0.4, 0.5) is 10.5 Å². The van der Waals surface area contributed by atoms with Gasteiger partial charge in [0, 0.05) is 25.0 Å². The van der Waals surface area contributed by atoms with E-state index in [2.05, 4.69) is 10.6 Å². The van der Waals surface area contributed by atoms with Crippen molar-refractivity contribution >= 4 is 11.7 Å². The maximum Gasteiger partial charge on any atom is 0.319 e. The van der Waals surface area contributed by atoms with E-state index < -0.39 is 0 Å². The molecular weight excluding hydrogens is 272 g/mol. The molecule has 1 heterocycles. The highest BCUT2D eigenvalue weighted by atomic mass is 16.5. The van der Waals surface area contributed by atoms with Crippen LogP contribution in [0.2, 0.25) is 0 Å². The number of amides is 2. The molecule has 1 aromatic carbocycles. The summed E-state index contributed by atoms with van der Waals surface area (Å²) in [5, 5.41) is 5.66. The standard InChI is InChI=1S/C15H22N2O4/c1-2-19-8-9-21-14-5-3-4-12(10-14)16-15(18)17-13-6-7-20-11-13/h3-5,10,13H,2,6-9,11H2,1H3,(H2,16,17,18). The second-order valence-electron chi connectivity index (χ2n) is 4.73. The van der Waals surface area contributed by atoms with Gasteiger partial charge in [-0.3, -0.25) is 0 Å². The summed E-state index contributed by atoms with van der Waals surface area (Å²) < 4.78 is 16.0. The van der Waals surface area contributed by atoms with E-state index >= 15 is 0 Å². The van der Waals surface area contributed by atoms with Crippen molar-refractivity contribution in [2.75, 3.05) is 38.4 Å². The quantitative estimate of drug-likeness (QED) is 0.755. The summed E-state index contributed by atoms with van der Waals surface area (Å²) in [6.45, 7) is 4.94. The number of rotatable bonds is 7. The Hall–Kier alpha value is -1.79. The van der Waals surface area contributed by atoms with Gasteiger partial charge in [-0.1, -0.05) is 6.07 Å². The van der Waals surface area contributed by atoms with E-state index in [9.17, 15) is 4.79 Å². The van der Waals surface area contributed by atoms with Gasteiger partial charge in [0.15, 0.2) is 0 Å². The first-order chi connectivity index (χ1) is 10.3. The Kier molecular flexibility index (Phi) is 6.30. The van der Waals surface area contributed by atoms with Gasteiger partial charge in [-0.2, -0.15) is 0 Å². The fourth-order valence-electron chi connectivity index (χ4n) is 2.03. The Balaban J connectivity index is 1.78. The number of urea groups is 1. The highest BCUT2D eigenvalue weighted by Crippen LogP contribution is 2.17. The maximum absolute atomic E-state index is 11.8. The molecule has 1 aromatic rings. The van der Waals surface area contributed by atoms with Crippen molar-refractivity contribution in [2.24, 2.45) is 0 Å². The molecule has 0 spiro atoms. The fraction of sp³-hybridized carbons (Fsp3) is 0.533. The third-order valence-corrected chi connectivity index (χ3v) is 3.06. The Morgan fingerprint density at radius 2 is 2.33 bits per heavy atom. The summed E-state index contributed by atoms with van der Waals surface area (Å²) in [5.74, 6) is 0.705. The molecule has 0 radical (unpaired) electrons. The van der Waals surface area contributed by atoms with Crippen LogP contribution in [0.25, 0.3) is 0 Å². The third-order valence-electron chi connectivity index (χ3n) is 3.06. The smallest absolute Gasteiger partial charge is 0.319 e. The van der Waals surface area contributed by atoms with Crippen molar-refractivity contribution in [1.82, 2.24) is 5.32 Å². The van der Waals surface area contributed by atoms with Crippen molar-refractivity contribution in [3.05, 3.63) is 24.3 Å². The van der Waals surface area contributed by atoms with E-state index in [0.717, 1.165) is 6.42 Å². The average Bonchev–Trinajstić information content (AvgIpc) is 2.97. The van der Waals surface area contributed by atoms with Gasteiger partial charge < -0.3 is 24.8 Å². The van der Waals surface area contributed by atoms with E-state index in [-0.39, 0.29) is 12.1 Å². The van der Waals surface area contributed by atoms with Gasteiger partial charge in [0.1, 0.15) is 12.4 Å². The molecule has 6 nitrogen and oxygen atoms in total. The summed E-state index contributed by atoms with van der Waals surface area (Å²) >= 11 is 0. The molecule has 2 amide bonds. The predicted molar refractivity (Wildman–Crippen MR) is 79.8 cm³/mol. The normalized spacial score (nSPS) is 17.5. The molecule has 2 rings (SSSR count). The van der Waals surface area contributed by atoms with Crippen LogP contribution in [0.5, 0.6) is 5.75 Å². The third kappa shape index (κ3) is 5.61. The number of hydrogen-bond acceptors (Lipinski definition) is 4. The van der Waals surface area contributed by atoms with Gasteiger partial charge in [0.2, 0.25) is 0 Å². The Morgan fingerprint density at radius 1 is 1.43 bits per heavy atom. The number of nitrogens with one attached hydrogen (secondary N) is 2. The molecule has 21 heavy (non-hydrogen) atoms. The second-order valence-corrected chi connectivity index (χ2v) is 4.73. The zero-order valence-electron chi connectivity index (χ0n) is 12.3. The molecule has 1 saturated heterocycles. The van der Waals surface area contributed by atoms with E-state index in [1.54, 1.807) is 6.07 Å². The molecule has 2 N–H and O–H groups in total. The molecule has 1 atom stereocenters. The monoisotopic (exact) mass is 294 g/mol. The highest BCUT2D eigenvalue weighted by Gasteiger charge is 2.17. The summed E-state index contributed by atoms with van der Waals surface area (Å²) in [4.78, 5) is 11.8. The van der Waals surface area contributed by atoms with E-state index in [1.807, 2.05) is 25.1 Å². The summed E-state index contributed by atoms with van der Waals surface area (Å²) in [6, 6.07) is 7.16. The fourth-order valence-corrected chi connectivity index (χ4v) is 2.03. The number of benzene rings is 1. The lowest BCUT2D eigenvalue weighted by molar-refractivity contribution is 0.110. The van der Waals surface area contributed by atoms with Crippen LogP contribution < -0.4 is 15.4 Å². The van der Waals surface area contributed by atoms with Crippen molar-refractivity contribution < 1.29 is 19.0 Å². The highest BCUT2D eigenvalue weighted by molar-refractivity contribution is 5.89. The molecule has 0 saturated carbocycles. The molecule has 1 unspecified atom stereocenters. The molecule has 116 valence electrons. The number of ether oxygens (including phenoxy) is 3. The summed E-state index contributed by atoms with van der Waals surface area (Å²) in [5.41, 5.74) is 0.695. The number of carbonyl (C=O) groups is 1. The minimum atomic E-state index is -0.225. The molecule has 0 aliphatic carbocycles. The molecule has 0 bridgehead atoms. The number of carbonyl (C=O) groups excluding carboxylic acids is 1. The van der Waals surface area contributed by atoms with Gasteiger partial charge in [0.05, 0.1) is 19.3 Å². The largest absolute Gasteiger partial charge is 0.491 e. The average molecular weight is 294 g/mol. The van der Waals surface area contributed by atoms with Crippen molar-refractivity contribution in [3.8, 4) is 5.75 Å². The molecule has 1 aliphatic heterocycles. The van der Waals surface area contributed by atoms with E-state index in [0.29, 0.717) is 44.5 Å². The molecule has 1 aliphatic rings. The molecular formula is C15H22N2O4. The van der Waals surface area contributed by atoms with Crippen LogP contribution >= 0.6 is 0 Å². The first-order valence-corrected chi connectivity index (χ1v) is 7.24. The van der Waals surface area contributed by atoms with Gasteiger partial charge in [0.25, 0.3) is 0 Å². The van der Waals surface area contributed by atoms with Crippen LogP contribution in [0, 0.1) is 0 Å². The lowest BCUT2D eigenvalue weighted by atomic mass is 10.2. The predicted octanol–water partition coefficient (Wildman–Crippen LogP) is 2.01. The Morgan fingerprint density at radius 3 is 3.10 bits per heavy atom. The van der Waals surface area contributed by atoms with Gasteiger partial charge in [-0.25, -0.2) is 4.79 Å². The van der Waals surface area contributed by atoms with E-state index in [1.165, 1.54) is 0 Å². The Labute approximate surface area is 124 Å². The molecule has 6 heteroatoms. The first kappa shape index (κ1) is 15.6. The molecule has 0 aromatic heterocycles. The summed E-state index contributed by atoms with van der Waals surface area (Å²) in [6.07, 6.45) is 0.855. The summed E-state index contributed by atoms with van der Waals surface area (Å²) in [7, 11) is 0. The van der Waals surface area contributed by atoms with E-state index in [4.69, 9.17) is 14.2 Å². The lowest BCUT2D eigenvalue weighted by Crippen LogP contribution is -2.38. The Bertz CT molecular complexity index is 447. The van der Waals surface area contributed by atoms with Gasteiger partial charge >= 0.3 is 6.03 Å². The molecule has 1 fully saturated rings. The topological polar surface area (TPSA) is 68.8 Å². The van der Waals surface area contributed by atoms with Crippen LogP contribution in [0.3, 0.4) is 0 Å². The van der Waals surface area contributed by atoms with Crippen molar-refractivity contribution in [1.29, 1.82) is 0 Å². The maximum atomic E-state index is 11.8.